The first-order valence-corrected chi connectivity index (χ1v) is 9.38. The lowest BCUT2D eigenvalue weighted by atomic mass is 10.3. The number of aromatic hydroxyl groups is 1. The highest BCUT2D eigenvalue weighted by molar-refractivity contribution is 9.10. The van der Waals surface area contributed by atoms with Crippen LogP contribution in [-0.4, -0.2) is 28.4 Å². The molecule has 2 aromatic rings. The van der Waals surface area contributed by atoms with Crippen LogP contribution in [0.1, 0.15) is 0 Å². The number of nitrogens with zero attached hydrogens (tertiary/aromatic N) is 2. The van der Waals surface area contributed by atoms with E-state index in [0.717, 1.165) is 0 Å². The van der Waals surface area contributed by atoms with Crippen LogP contribution in [-0.2, 0) is 4.57 Å². The molecule has 0 aliphatic heterocycles. The number of aromatic nitrogens is 2. The molecule has 0 bridgehead atoms. The summed E-state index contributed by atoms with van der Waals surface area (Å²) in [7, 11) is -2.56. The van der Waals surface area contributed by atoms with Gasteiger partial charge in [0, 0.05) is 11.5 Å². The first kappa shape index (κ1) is 15.3. The number of rotatable bonds is 3. The van der Waals surface area contributed by atoms with E-state index in [4.69, 9.17) is 11.6 Å². The quantitative estimate of drug-likeness (QED) is 0.486. The molecule has 0 atom stereocenters. The fourth-order valence-electron chi connectivity index (χ4n) is 1.63. The van der Waals surface area contributed by atoms with E-state index in [2.05, 4.69) is 31.2 Å². The highest BCUT2D eigenvalue weighted by Crippen LogP contribution is 2.39. The van der Waals surface area contributed by atoms with Crippen molar-refractivity contribution in [2.24, 2.45) is 0 Å². The molecule has 2 rings (SSSR count). The van der Waals surface area contributed by atoms with E-state index < -0.39 is 7.14 Å². The number of benzene rings is 1. The maximum Gasteiger partial charge on any atom is 0.224 e. The van der Waals surface area contributed by atoms with Crippen molar-refractivity contribution in [3.05, 3.63) is 34.2 Å². The number of halogens is 2. The second-order valence-corrected chi connectivity index (χ2v) is 8.89. The lowest BCUT2D eigenvalue weighted by Crippen LogP contribution is -2.10. The molecule has 1 aromatic carbocycles. The van der Waals surface area contributed by atoms with Crippen molar-refractivity contribution in [1.82, 2.24) is 9.97 Å². The summed E-state index contributed by atoms with van der Waals surface area (Å²) in [5, 5.41) is 13.3. The summed E-state index contributed by atoms with van der Waals surface area (Å²) in [5.74, 6) is 0.527. The van der Waals surface area contributed by atoms with Crippen molar-refractivity contribution in [1.29, 1.82) is 0 Å². The van der Waals surface area contributed by atoms with E-state index in [9.17, 15) is 9.67 Å². The third-order valence-corrected chi connectivity index (χ3v) is 4.82. The molecule has 8 heteroatoms. The zero-order chi connectivity index (χ0) is 14.9. The number of hydrogen-bond acceptors (Lipinski definition) is 5. The molecule has 0 radical (unpaired) electrons. The van der Waals surface area contributed by atoms with Gasteiger partial charge in [0.2, 0.25) is 5.28 Å². The largest absolute Gasteiger partial charge is 0.508 e. The average molecular weight is 377 g/mol. The number of nitrogens with one attached hydrogen (secondary N) is 1. The Morgan fingerprint density at radius 3 is 2.75 bits per heavy atom. The van der Waals surface area contributed by atoms with Gasteiger partial charge < -0.3 is 15.0 Å². The van der Waals surface area contributed by atoms with Crippen LogP contribution in [0.5, 0.6) is 5.75 Å². The lowest BCUT2D eigenvalue weighted by molar-refractivity contribution is 0.476. The fourth-order valence-corrected chi connectivity index (χ4v) is 3.21. The standard InChI is InChI=1S/C12H12BrClN3O2P/c1-20(2,19)10-5-7(18)3-4-9(10)16-11-8(13)6-15-12(14)17-11/h3-6,18H,1-2H3,(H,15,16,17). The van der Waals surface area contributed by atoms with E-state index >= 15 is 0 Å². The molecule has 106 valence electrons. The van der Waals surface area contributed by atoms with Crippen LogP contribution < -0.4 is 10.6 Å². The predicted octanol–water partition coefficient (Wildman–Crippen LogP) is 3.59. The second kappa shape index (κ2) is 5.72. The SMILES string of the molecule is CP(C)(=O)c1cc(O)ccc1Nc1nc(Cl)ncc1Br. The van der Waals surface area contributed by atoms with E-state index in [1.54, 1.807) is 19.4 Å². The van der Waals surface area contributed by atoms with Gasteiger partial charge in [0.25, 0.3) is 0 Å². The predicted molar refractivity (Wildman–Crippen MR) is 85.2 cm³/mol. The van der Waals surface area contributed by atoms with Crippen LogP contribution in [0.4, 0.5) is 11.5 Å². The molecule has 5 nitrogen and oxygen atoms in total. The van der Waals surface area contributed by atoms with Crippen molar-refractivity contribution in [2.75, 3.05) is 18.6 Å². The molecule has 0 aliphatic carbocycles. The van der Waals surface area contributed by atoms with E-state index in [1.165, 1.54) is 18.3 Å². The molecule has 0 fully saturated rings. The Morgan fingerprint density at radius 1 is 1.40 bits per heavy atom. The van der Waals surface area contributed by atoms with Gasteiger partial charge >= 0.3 is 0 Å². The summed E-state index contributed by atoms with van der Waals surface area (Å²) in [5.41, 5.74) is 0.603. The van der Waals surface area contributed by atoms with Crippen LogP contribution in [0.25, 0.3) is 0 Å². The molecule has 2 N–H and O–H groups in total. The van der Waals surface area contributed by atoms with Gasteiger partial charge in [0.15, 0.2) is 0 Å². The molecule has 20 heavy (non-hydrogen) atoms. The Bertz CT molecular complexity index is 705. The minimum absolute atomic E-state index is 0.0641. The van der Waals surface area contributed by atoms with Crippen molar-refractivity contribution in [2.45, 2.75) is 0 Å². The van der Waals surface area contributed by atoms with Gasteiger partial charge in [-0.25, -0.2) is 4.98 Å². The normalized spacial score (nSPS) is 11.4. The van der Waals surface area contributed by atoms with E-state index in [0.29, 0.717) is 21.3 Å². The topological polar surface area (TPSA) is 75.1 Å². The Balaban J connectivity index is 2.49. The first-order chi connectivity index (χ1) is 9.27. The maximum atomic E-state index is 12.3. The fraction of sp³-hybridized carbons (Fsp3) is 0.167. The number of phenolic OH excluding ortho intramolecular Hbond substituents is 1. The smallest absolute Gasteiger partial charge is 0.224 e. The van der Waals surface area contributed by atoms with E-state index in [1.807, 2.05) is 0 Å². The van der Waals surface area contributed by atoms with E-state index in [-0.39, 0.29) is 11.0 Å². The Hall–Kier alpha value is -1.10. The highest BCUT2D eigenvalue weighted by atomic mass is 79.9. The summed E-state index contributed by atoms with van der Waals surface area (Å²) in [4.78, 5) is 7.90. The van der Waals surface area contributed by atoms with Gasteiger partial charge in [-0.15, -0.1) is 0 Å². The minimum Gasteiger partial charge on any atom is -0.508 e. The number of hydrogen-bond donors (Lipinski definition) is 2. The van der Waals surface area contributed by atoms with Gasteiger partial charge in [-0.2, -0.15) is 4.98 Å². The van der Waals surface area contributed by atoms with Gasteiger partial charge in [0.1, 0.15) is 18.7 Å². The van der Waals surface area contributed by atoms with Crippen LogP contribution in [0.15, 0.2) is 28.9 Å². The van der Waals surface area contributed by atoms with Crippen LogP contribution in [0, 0.1) is 0 Å². The second-order valence-electron chi connectivity index (χ2n) is 4.51. The molecule has 0 aliphatic rings. The molecule has 0 amide bonds. The van der Waals surface area contributed by atoms with Crippen molar-refractivity contribution >= 4 is 51.5 Å². The third-order valence-electron chi connectivity index (χ3n) is 2.53. The third kappa shape index (κ3) is 3.51. The van der Waals surface area contributed by atoms with Gasteiger partial charge in [-0.1, -0.05) is 0 Å². The van der Waals surface area contributed by atoms with Crippen molar-refractivity contribution < 1.29 is 9.67 Å². The molecular weight excluding hydrogens is 364 g/mol. The summed E-state index contributed by atoms with van der Waals surface area (Å²) < 4.78 is 12.9. The lowest BCUT2D eigenvalue weighted by Gasteiger charge is -2.15. The number of phenols is 1. The van der Waals surface area contributed by atoms with Crippen LogP contribution in [0.2, 0.25) is 5.28 Å². The molecule has 1 heterocycles. The van der Waals surface area contributed by atoms with Crippen molar-refractivity contribution in [3.63, 3.8) is 0 Å². The van der Waals surface area contributed by atoms with Gasteiger partial charge in [-0.3, -0.25) is 0 Å². The highest BCUT2D eigenvalue weighted by Gasteiger charge is 2.18. The molecular formula is C12H12BrClN3O2P. The summed E-state index contributed by atoms with van der Waals surface area (Å²) >= 11 is 9.07. The molecule has 0 spiro atoms. The van der Waals surface area contributed by atoms with Crippen LogP contribution >= 0.6 is 34.7 Å². The van der Waals surface area contributed by atoms with Crippen molar-refractivity contribution in [3.8, 4) is 5.75 Å². The molecule has 0 saturated carbocycles. The zero-order valence-corrected chi connectivity index (χ0v) is 14.0. The Morgan fingerprint density at radius 2 is 2.10 bits per heavy atom. The zero-order valence-electron chi connectivity index (χ0n) is 10.8. The molecule has 0 saturated heterocycles. The van der Waals surface area contributed by atoms with Gasteiger partial charge in [0.05, 0.1) is 10.2 Å². The monoisotopic (exact) mass is 375 g/mol. The Labute approximate surface area is 129 Å². The maximum absolute atomic E-state index is 12.3. The average Bonchev–Trinajstić information content (AvgIpc) is 2.34. The molecule has 1 aromatic heterocycles. The number of anilines is 2. The Kier molecular flexibility index (Phi) is 4.37. The van der Waals surface area contributed by atoms with Gasteiger partial charge in [-0.05, 0) is 59.1 Å². The minimum atomic E-state index is -2.56. The summed E-state index contributed by atoms with van der Waals surface area (Å²) in [6.45, 7) is 3.27. The summed E-state index contributed by atoms with van der Waals surface area (Å²) in [6.07, 6.45) is 1.52. The first-order valence-electron chi connectivity index (χ1n) is 5.61. The molecule has 0 unspecified atom stereocenters. The van der Waals surface area contributed by atoms with Crippen LogP contribution in [0.3, 0.4) is 0 Å². The summed E-state index contributed by atoms with van der Waals surface area (Å²) in [6, 6.07) is 4.64.